The highest BCUT2D eigenvalue weighted by atomic mass is 32.1. The molecule has 0 saturated carbocycles. The summed E-state index contributed by atoms with van der Waals surface area (Å²) < 4.78 is 1.94. The van der Waals surface area contributed by atoms with Crippen LogP contribution in [0.3, 0.4) is 0 Å². The number of para-hydroxylation sites is 1. The van der Waals surface area contributed by atoms with E-state index in [1.54, 1.807) is 0 Å². The minimum atomic E-state index is -0.270. The second kappa shape index (κ2) is 8.08. The van der Waals surface area contributed by atoms with Gasteiger partial charge in [0, 0.05) is 16.6 Å². The Labute approximate surface area is 184 Å². The molecule has 152 valence electrons. The van der Waals surface area contributed by atoms with E-state index < -0.39 is 0 Å². The number of nitrogens with zero attached hydrogens (tertiary/aromatic N) is 2. The lowest BCUT2D eigenvalue weighted by molar-refractivity contribution is 0.262. The summed E-state index contributed by atoms with van der Waals surface area (Å²) in [6.07, 6.45) is 0. The van der Waals surface area contributed by atoms with Gasteiger partial charge < -0.3 is 5.32 Å². The van der Waals surface area contributed by atoms with Crippen LogP contribution in [-0.2, 0) is 0 Å². The van der Waals surface area contributed by atoms with Gasteiger partial charge in [0.1, 0.15) is 10.5 Å². The first kappa shape index (κ1) is 19.1. The zero-order chi connectivity index (χ0) is 21.2. The summed E-state index contributed by atoms with van der Waals surface area (Å²) in [7, 11) is 0. The van der Waals surface area contributed by atoms with Gasteiger partial charge in [-0.25, -0.2) is 9.48 Å². The molecule has 0 aliphatic carbocycles. The molecule has 3 aromatic carbocycles. The van der Waals surface area contributed by atoms with E-state index in [4.69, 9.17) is 5.10 Å². The first-order valence-electron chi connectivity index (χ1n) is 9.95. The van der Waals surface area contributed by atoms with Gasteiger partial charge in [-0.05, 0) is 37.3 Å². The largest absolute Gasteiger partial charge is 0.324 e. The van der Waals surface area contributed by atoms with Gasteiger partial charge in [-0.1, -0.05) is 77.6 Å². The average molecular weight is 425 g/mol. The van der Waals surface area contributed by atoms with Gasteiger partial charge in [-0.15, -0.1) is 0 Å². The fourth-order valence-electron chi connectivity index (χ4n) is 3.43. The van der Waals surface area contributed by atoms with E-state index in [0.29, 0.717) is 0 Å². The van der Waals surface area contributed by atoms with Crippen LogP contribution in [0.4, 0.5) is 15.5 Å². The van der Waals surface area contributed by atoms with Crippen LogP contribution in [0.25, 0.3) is 27.2 Å². The predicted molar refractivity (Wildman–Crippen MR) is 128 cm³/mol. The summed E-state index contributed by atoms with van der Waals surface area (Å²) in [6.45, 7) is 2.02. The number of thiophene rings is 1. The maximum Gasteiger partial charge on any atom is 0.324 e. The van der Waals surface area contributed by atoms with E-state index >= 15 is 0 Å². The number of hydrogen-bond donors (Lipinski definition) is 2. The van der Waals surface area contributed by atoms with Gasteiger partial charge in [0.25, 0.3) is 0 Å². The second-order valence-corrected chi connectivity index (χ2v) is 8.27. The van der Waals surface area contributed by atoms with Gasteiger partial charge in [-0.3, -0.25) is 5.32 Å². The number of nitrogens with one attached hydrogen (secondary N) is 2. The number of aryl methyl sites for hydroxylation is 1. The average Bonchev–Trinajstić information content (AvgIpc) is 3.35. The monoisotopic (exact) mass is 424 g/mol. The summed E-state index contributed by atoms with van der Waals surface area (Å²) in [5.74, 6) is 0. The minimum Gasteiger partial charge on any atom is -0.308 e. The molecule has 0 fully saturated rings. The van der Waals surface area contributed by atoms with E-state index in [1.165, 1.54) is 11.3 Å². The van der Waals surface area contributed by atoms with Crippen molar-refractivity contribution in [1.29, 1.82) is 0 Å². The van der Waals surface area contributed by atoms with Gasteiger partial charge in [0.2, 0.25) is 0 Å². The molecule has 0 bridgehead atoms. The molecule has 0 aliphatic rings. The van der Waals surface area contributed by atoms with Crippen molar-refractivity contribution < 1.29 is 4.79 Å². The Kier molecular flexibility index (Phi) is 4.98. The Morgan fingerprint density at radius 1 is 0.871 bits per heavy atom. The number of aromatic nitrogens is 2. The predicted octanol–water partition coefficient (Wildman–Crippen LogP) is 6.71. The van der Waals surface area contributed by atoms with Crippen molar-refractivity contribution in [2.75, 3.05) is 10.6 Å². The van der Waals surface area contributed by atoms with Crippen LogP contribution < -0.4 is 10.6 Å². The lowest BCUT2D eigenvalue weighted by atomic mass is 10.1. The highest BCUT2D eigenvalue weighted by molar-refractivity contribution is 7.22. The summed E-state index contributed by atoms with van der Waals surface area (Å²) >= 11 is 1.50. The third-order valence-corrected chi connectivity index (χ3v) is 5.98. The molecule has 0 unspecified atom stereocenters. The number of carbonyl (C=O) groups excluding carboxylic acids is 1. The van der Waals surface area contributed by atoms with Gasteiger partial charge in [0.15, 0.2) is 0 Å². The lowest BCUT2D eigenvalue weighted by Gasteiger charge is -2.06. The van der Waals surface area contributed by atoms with Crippen molar-refractivity contribution in [2.45, 2.75) is 6.92 Å². The molecule has 0 atom stereocenters. The van der Waals surface area contributed by atoms with E-state index in [-0.39, 0.29) is 6.03 Å². The number of anilines is 2. The molecule has 2 amide bonds. The molecule has 31 heavy (non-hydrogen) atoms. The SMILES string of the molecule is Cc1ccc(NC(=O)Nc2cc3c(-c4ccccc4)nn(-c4ccccc4)c3s2)cc1. The summed E-state index contributed by atoms with van der Waals surface area (Å²) in [5.41, 5.74) is 4.81. The summed E-state index contributed by atoms with van der Waals surface area (Å²) in [6, 6.07) is 29.5. The van der Waals surface area contributed by atoms with Crippen molar-refractivity contribution in [2.24, 2.45) is 0 Å². The molecule has 5 nitrogen and oxygen atoms in total. The van der Waals surface area contributed by atoms with Crippen molar-refractivity contribution in [3.63, 3.8) is 0 Å². The highest BCUT2D eigenvalue weighted by Crippen LogP contribution is 2.38. The summed E-state index contributed by atoms with van der Waals surface area (Å²) in [4.78, 5) is 13.5. The minimum absolute atomic E-state index is 0.270. The lowest BCUT2D eigenvalue weighted by Crippen LogP contribution is -2.18. The van der Waals surface area contributed by atoms with Crippen molar-refractivity contribution in [1.82, 2.24) is 9.78 Å². The maximum atomic E-state index is 12.5. The van der Waals surface area contributed by atoms with E-state index in [9.17, 15) is 4.79 Å². The number of carbonyl (C=O) groups is 1. The van der Waals surface area contributed by atoms with Crippen LogP contribution in [0, 0.1) is 6.92 Å². The number of benzene rings is 3. The molecule has 0 aliphatic heterocycles. The first-order chi connectivity index (χ1) is 15.2. The fourth-order valence-corrected chi connectivity index (χ4v) is 4.46. The van der Waals surface area contributed by atoms with Crippen LogP contribution in [0.15, 0.2) is 91.0 Å². The Balaban J connectivity index is 1.51. The third-order valence-electron chi connectivity index (χ3n) is 4.95. The molecular weight excluding hydrogens is 404 g/mol. The molecule has 0 radical (unpaired) electrons. The topological polar surface area (TPSA) is 59.0 Å². The third kappa shape index (κ3) is 3.93. The number of rotatable bonds is 4. The number of hydrogen-bond acceptors (Lipinski definition) is 3. The van der Waals surface area contributed by atoms with Crippen LogP contribution in [0.1, 0.15) is 5.56 Å². The number of fused-ring (bicyclic) bond motifs is 1. The Bertz CT molecular complexity index is 1270. The van der Waals surface area contributed by atoms with Gasteiger partial charge in [0.05, 0.1) is 10.7 Å². The normalized spacial score (nSPS) is 10.9. The van der Waals surface area contributed by atoms with Crippen molar-refractivity contribution >= 4 is 38.3 Å². The summed E-state index contributed by atoms with van der Waals surface area (Å²) in [5, 5.41) is 12.5. The van der Waals surface area contributed by atoms with Gasteiger partial charge in [-0.2, -0.15) is 5.10 Å². The Morgan fingerprint density at radius 2 is 1.55 bits per heavy atom. The Morgan fingerprint density at radius 3 is 2.26 bits per heavy atom. The van der Waals surface area contributed by atoms with E-state index in [2.05, 4.69) is 10.6 Å². The molecule has 5 rings (SSSR count). The molecule has 5 aromatic rings. The zero-order valence-corrected chi connectivity index (χ0v) is 17.7. The highest BCUT2D eigenvalue weighted by Gasteiger charge is 2.18. The fraction of sp³-hybridized carbons (Fsp3) is 0.0400. The second-order valence-electron chi connectivity index (χ2n) is 7.24. The quantitative estimate of drug-likeness (QED) is 0.337. The standard InChI is InChI=1S/C25H20N4OS/c1-17-12-14-19(15-13-17)26-25(30)27-22-16-21-23(18-8-4-2-5-9-18)28-29(24(21)31-22)20-10-6-3-7-11-20/h2-16H,1H3,(H2,26,27,30). The Hall–Kier alpha value is -3.90. The molecule has 2 heterocycles. The van der Waals surface area contributed by atoms with E-state index in [0.717, 1.165) is 43.4 Å². The maximum absolute atomic E-state index is 12.5. The zero-order valence-electron chi connectivity index (χ0n) is 16.9. The van der Waals surface area contributed by atoms with Crippen molar-refractivity contribution in [3.8, 4) is 16.9 Å². The van der Waals surface area contributed by atoms with E-state index in [1.807, 2.05) is 103 Å². The number of urea groups is 1. The van der Waals surface area contributed by atoms with Crippen molar-refractivity contribution in [3.05, 3.63) is 96.6 Å². The number of amides is 2. The molecule has 2 aromatic heterocycles. The van der Waals surface area contributed by atoms with Crippen LogP contribution in [-0.4, -0.2) is 15.8 Å². The molecule has 6 heteroatoms. The smallest absolute Gasteiger partial charge is 0.308 e. The van der Waals surface area contributed by atoms with Gasteiger partial charge >= 0.3 is 6.03 Å². The van der Waals surface area contributed by atoms with Crippen LogP contribution in [0.5, 0.6) is 0 Å². The molecule has 0 spiro atoms. The van der Waals surface area contributed by atoms with Crippen LogP contribution >= 0.6 is 11.3 Å². The first-order valence-corrected chi connectivity index (χ1v) is 10.8. The molecular formula is C25H20N4OS. The molecule has 2 N–H and O–H groups in total. The van der Waals surface area contributed by atoms with Crippen LogP contribution in [0.2, 0.25) is 0 Å². The molecule has 0 saturated heterocycles.